The lowest BCUT2D eigenvalue weighted by Gasteiger charge is -2.14. The van der Waals surface area contributed by atoms with Crippen LogP contribution in [0.1, 0.15) is 17.3 Å². The van der Waals surface area contributed by atoms with Gasteiger partial charge in [-0.15, -0.1) is 0 Å². The third kappa shape index (κ3) is 5.29. The van der Waals surface area contributed by atoms with Gasteiger partial charge in [-0.1, -0.05) is 6.07 Å². The van der Waals surface area contributed by atoms with Crippen molar-refractivity contribution in [1.82, 2.24) is 5.32 Å². The molecule has 2 aromatic rings. The highest BCUT2D eigenvalue weighted by atomic mass is 19.2. The van der Waals surface area contributed by atoms with E-state index in [2.05, 4.69) is 5.32 Å². The van der Waals surface area contributed by atoms with Gasteiger partial charge in [0, 0.05) is 5.56 Å². The van der Waals surface area contributed by atoms with E-state index in [1.807, 2.05) is 5.32 Å². The Bertz CT molecular complexity index is 920. The van der Waals surface area contributed by atoms with E-state index in [-0.39, 0.29) is 5.56 Å². The zero-order valence-electron chi connectivity index (χ0n) is 14.4. The van der Waals surface area contributed by atoms with Crippen molar-refractivity contribution in [2.75, 3.05) is 11.9 Å². The van der Waals surface area contributed by atoms with Gasteiger partial charge in [-0.05, 0) is 37.3 Å². The first-order valence-electron chi connectivity index (χ1n) is 7.86. The predicted octanol–water partition coefficient (Wildman–Crippen LogP) is 2.54. The first-order chi connectivity index (χ1) is 13.2. The number of halogens is 4. The van der Waals surface area contributed by atoms with Crippen LogP contribution in [0.3, 0.4) is 0 Å². The van der Waals surface area contributed by atoms with Gasteiger partial charge in [0.1, 0.15) is 12.4 Å². The number of esters is 1. The number of anilines is 1. The minimum absolute atomic E-state index is 0.0209. The molecule has 1 atom stereocenters. The fourth-order valence-corrected chi connectivity index (χ4v) is 2.03. The summed E-state index contributed by atoms with van der Waals surface area (Å²) < 4.78 is 57.4. The first kappa shape index (κ1) is 20.9. The molecule has 0 aromatic heterocycles. The Labute approximate surface area is 156 Å². The second-order valence-corrected chi connectivity index (χ2v) is 5.54. The second-order valence-electron chi connectivity index (χ2n) is 5.54. The minimum Gasteiger partial charge on any atom is -0.451 e. The molecule has 2 aromatic carbocycles. The van der Waals surface area contributed by atoms with E-state index >= 15 is 0 Å². The molecule has 2 rings (SSSR count). The highest BCUT2D eigenvalue weighted by Crippen LogP contribution is 2.19. The van der Waals surface area contributed by atoms with E-state index < -0.39 is 59.4 Å². The number of ether oxygens (including phenoxy) is 1. The standard InChI is InChI=1S/C18H14F4N2O4/c1-9(17(26)24-13-6-5-12(20)15(21)16(13)22)28-14(25)8-23-18(27)10-3-2-4-11(19)7-10/h2-7,9H,8H2,1H3,(H,23,27)(H,24,26)/t9-/m0/s1. The topological polar surface area (TPSA) is 84.5 Å². The van der Waals surface area contributed by atoms with Gasteiger partial charge < -0.3 is 15.4 Å². The normalized spacial score (nSPS) is 11.5. The van der Waals surface area contributed by atoms with Crippen molar-refractivity contribution in [2.45, 2.75) is 13.0 Å². The summed E-state index contributed by atoms with van der Waals surface area (Å²) in [4.78, 5) is 35.4. The summed E-state index contributed by atoms with van der Waals surface area (Å²) in [5.41, 5.74) is -0.654. The molecule has 0 saturated heterocycles. The first-order valence-corrected chi connectivity index (χ1v) is 7.86. The Hall–Kier alpha value is -3.43. The lowest BCUT2D eigenvalue weighted by Crippen LogP contribution is -2.36. The van der Waals surface area contributed by atoms with E-state index in [1.165, 1.54) is 12.1 Å². The van der Waals surface area contributed by atoms with Crippen LogP contribution in [-0.4, -0.2) is 30.4 Å². The molecule has 2 N–H and O–H groups in total. The third-order valence-electron chi connectivity index (χ3n) is 3.45. The summed E-state index contributed by atoms with van der Waals surface area (Å²) in [6, 6.07) is 6.17. The summed E-state index contributed by atoms with van der Waals surface area (Å²) in [6.07, 6.45) is -1.42. The largest absolute Gasteiger partial charge is 0.451 e. The fourth-order valence-electron chi connectivity index (χ4n) is 2.03. The van der Waals surface area contributed by atoms with Crippen molar-refractivity contribution >= 4 is 23.5 Å². The molecule has 0 saturated carbocycles. The fraction of sp³-hybridized carbons (Fsp3) is 0.167. The molecule has 2 amide bonds. The second kappa shape index (κ2) is 8.98. The van der Waals surface area contributed by atoms with Crippen molar-refractivity contribution in [2.24, 2.45) is 0 Å². The molecule has 0 radical (unpaired) electrons. The van der Waals surface area contributed by atoms with Crippen molar-refractivity contribution in [3.8, 4) is 0 Å². The van der Waals surface area contributed by atoms with Gasteiger partial charge in [0.15, 0.2) is 23.6 Å². The molecule has 0 unspecified atom stereocenters. The van der Waals surface area contributed by atoms with Crippen LogP contribution in [0.5, 0.6) is 0 Å². The number of carbonyl (C=O) groups excluding carboxylic acids is 3. The average molecular weight is 398 g/mol. The van der Waals surface area contributed by atoms with Gasteiger partial charge in [0.05, 0.1) is 5.69 Å². The average Bonchev–Trinajstić information content (AvgIpc) is 2.66. The van der Waals surface area contributed by atoms with E-state index in [4.69, 9.17) is 4.74 Å². The van der Waals surface area contributed by atoms with Gasteiger partial charge in [-0.3, -0.25) is 14.4 Å². The van der Waals surface area contributed by atoms with Crippen molar-refractivity contribution in [1.29, 1.82) is 0 Å². The van der Waals surface area contributed by atoms with Crippen LogP contribution in [-0.2, 0) is 14.3 Å². The Balaban J connectivity index is 1.87. The van der Waals surface area contributed by atoms with Gasteiger partial charge >= 0.3 is 5.97 Å². The molecule has 10 heteroatoms. The highest BCUT2D eigenvalue weighted by Gasteiger charge is 2.21. The third-order valence-corrected chi connectivity index (χ3v) is 3.45. The number of amides is 2. The summed E-state index contributed by atoms with van der Waals surface area (Å²) in [5.74, 6) is -8.17. The van der Waals surface area contributed by atoms with E-state index in [1.54, 1.807) is 0 Å². The van der Waals surface area contributed by atoms with Crippen LogP contribution in [0, 0.1) is 23.3 Å². The molecular formula is C18H14F4N2O4. The van der Waals surface area contributed by atoms with Gasteiger partial charge in [0.25, 0.3) is 11.8 Å². The molecule has 0 aliphatic carbocycles. The van der Waals surface area contributed by atoms with E-state index in [0.29, 0.717) is 6.07 Å². The van der Waals surface area contributed by atoms with Crippen LogP contribution in [0.2, 0.25) is 0 Å². The monoisotopic (exact) mass is 398 g/mol. The van der Waals surface area contributed by atoms with E-state index in [9.17, 15) is 31.9 Å². The van der Waals surface area contributed by atoms with Crippen LogP contribution < -0.4 is 10.6 Å². The summed E-state index contributed by atoms with van der Waals surface area (Å²) >= 11 is 0. The maximum Gasteiger partial charge on any atom is 0.326 e. The zero-order valence-corrected chi connectivity index (χ0v) is 14.4. The maximum absolute atomic E-state index is 13.5. The van der Waals surface area contributed by atoms with E-state index in [0.717, 1.165) is 25.1 Å². The van der Waals surface area contributed by atoms with Crippen LogP contribution in [0.25, 0.3) is 0 Å². The number of rotatable bonds is 6. The smallest absolute Gasteiger partial charge is 0.326 e. The van der Waals surface area contributed by atoms with Crippen LogP contribution in [0.15, 0.2) is 36.4 Å². The van der Waals surface area contributed by atoms with Crippen molar-refractivity contribution in [3.63, 3.8) is 0 Å². The molecule has 0 bridgehead atoms. The molecular weight excluding hydrogens is 384 g/mol. The molecule has 148 valence electrons. The Morgan fingerprint density at radius 1 is 1.04 bits per heavy atom. The maximum atomic E-state index is 13.5. The summed E-state index contributed by atoms with van der Waals surface area (Å²) in [6.45, 7) is 0.534. The predicted molar refractivity (Wildman–Crippen MR) is 89.2 cm³/mol. The molecule has 0 heterocycles. The highest BCUT2D eigenvalue weighted by molar-refractivity contribution is 5.97. The number of benzene rings is 2. The SMILES string of the molecule is C[C@H](OC(=O)CNC(=O)c1cccc(F)c1)C(=O)Nc1ccc(F)c(F)c1F. The molecule has 0 aliphatic heterocycles. The summed E-state index contributed by atoms with van der Waals surface area (Å²) in [5, 5.41) is 4.13. The van der Waals surface area contributed by atoms with Crippen molar-refractivity contribution < 1.29 is 36.7 Å². The van der Waals surface area contributed by atoms with Crippen LogP contribution >= 0.6 is 0 Å². The Kier molecular flexibility index (Phi) is 6.69. The van der Waals surface area contributed by atoms with Gasteiger partial charge in [-0.2, -0.15) is 0 Å². The molecule has 6 nitrogen and oxygen atoms in total. The minimum atomic E-state index is -1.76. The molecule has 0 aliphatic rings. The number of nitrogens with one attached hydrogen (secondary N) is 2. The molecule has 0 fully saturated rings. The lowest BCUT2D eigenvalue weighted by molar-refractivity contribution is -0.152. The number of hydrogen-bond acceptors (Lipinski definition) is 4. The summed E-state index contributed by atoms with van der Waals surface area (Å²) in [7, 11) is 0. The Morgan fingerprint density at radius 2 is 1.75 bits per heavy atom. The van der Waals surface area contributed by atoms with Gasteiger partial charge in [0.2, 0.25) is 0 Å². The number of hydrogen-bond donors (Lipinski definition) is 2. The quantitative estimate of drug-likeness (QED) is 0.445. The Morgan fingerprint density at radius 3 is 2.43 bits per heavy atom. The lowest BCUT2D eigenvalue weighted by atomic mass is 10.2. The molecule has 0 spiro atoms. The number of carbonyl (C=O) groups is 3. The molecule has 28 heavy (non-hydrogen) atoms. The van der Waals surface area contributed by atoms with Gasteiger partial charge in [-0.25, -0.2) is 17.6 Å². The van der Waals surface area contributed by atoms with Crippen LogP contribution in [0.4, 0.5) is 23.2 Å². The van der Waals surface area contributed by atoms with Crippen molar-refractivity contribution in [3.05, 3.63) is 65.2 Å². The zero-order chi connectivity index (χ0) is 20.8.